The highest BCUT2D eigenvalue weighted by atomic mass is 35.7. The van der Waals surface area contributed by atoms with Crippen LogP contribution >= 0.6 is 10.7 Å². The van der Waals surface area contributed by atoms with Crippen molar-refractivity contribution in [2.75, 3.05) is 0 Å². The summed E-state index contributed by atoms with van der Waals surface area (Å²) in [6, 6.07) is 0.0791. The molecule has 0 bridgehead atoms. The van der Waals surface area contributed by atoms with Crippen LogP contribution in [0.15, 0.2) is 15.8 Å². The first kappa shape index (κ1) is 15.2. The molecule has 1 aromatic rings. The van der Waals surface area contributed by atoms with E-state index >= 15 is 0 Å². The number of nitrogens with one attached hydrogen (secondary N) is 1. The molecule has 0 radical (unpaired) electrons. The number of rotatable bonds is 3. The number of H-pyrrole nitrogens is 1. The average Bonchev–Trinajstić information content (AvgIpc) is 2.10. The smallest absolute Gasteiger partial charge is 0.404 e. The van der Waals surface area contributed by atoms with Gasteiger partial charge >= 0.3 is 17.7 Å². The van der Waals surface area contributed by atoms with E-state index in [2.05, 4.69) is 4.74 Å². The molecule has 0 fully saturated rings. The van der Waals surface area contributed by atoms with Gasteiger partial charge in [-0.1, -0.05) is 0 Å². The number of hydrogen-bond acceptors (Lipinski definition) is 6. The molecule has 0 amide bonds. The number of pyridine rings is 1. The summed E-state index contributed by atoms with van der Waals surface area (Å²) in [6.45, 7) is 0. The van der Waals surface area contributed by atoms with Gasteiger partial charge in [-0.15, -0.1) is 13.2 Å². The monoisotopic (exact) mass is 322 g/mol. The van der Waals surface area contributed by atoms with E-state index in [-0.39, 0.29) is 6.07 Å². The van der Waals surface area contributed by atoms with Crippen molar-refractivity contribution in [2.24, 2.45) is 0 Å². The van der Waals surface area contributed by atoms with Crippen molar-refractivity contribution >= 4 is 25.6 Å². The van der Waals surface area contributed by atoms with E-state index in [1.165, 1.54) is 4.98 Å². The number of aromatic nitrogens is 1. The number of ether oxygens (including phenoxy) is 1. The van der Waals surface area contributed by atoms with E-state index in [0.717, 1.165) is 0 Å². The van der Waals surface area contributed by atoms with Gasteiger partial charge in [0, 0.05) is 10.7 Å². The molecule has 1 rings (SSSR count). The zero-order valence-electron chi connectivity index (χ0n) is 8.39. The van der Waals surface area contributed by atoms with E-state index in [9.17, 15) is 36.5 Å². The normalized spacial score (nSPS) is 12.2. The Morgan fingerprint density at radius 1 is 1.42 bits per heavy atom. The molecule has 1 heterocycles. The Balaban J connectivity index is 3.71. The van der Waals surface area contributed by atoms with E-state index in [0.29, 0.717) is 0 Å². The van der Waals surface area contributed by atoms with Crippen molar-refractivity contribution in [1.29, 1.82) is 0 Å². The molecule has 0 aliphatic carbocycles. The van der Waals surface area contributed by atoms with Crippen molar-refractivity contribution in [1.82, 2.24) is 4.98 Å². The van der Waals surface area contributed by atoms with Crippen LogP contribution in [0.2, 0.25) is 0 Å². The van der Waals surface area contributed by atoms with Gasteiger partial charge in [0.2, 0.25) is 4.90 Å². The quantitative estimate of drug-likeness (QED) is 0.505. The second kappa shape index (κ2) is 4.70. The molecule has 13 heteroatoms. The molecule has 0 aliphatic heterocycles. The van der Waals surface area contributed by atoms with E-state index in [1.807, 2.05) is 0 Å². The van der Waals surface area contributed by atoms with E-state index in [1.54, 1.807) is 0 Å². The van der Waals surface area contributed by atoms with Crippen molar-refractivity contribution in [3.63, 3.8) is 0 Å². The number of hydrogen-bond donors (Lipinski definition) is 1. The first-order chi connectivity index (χ1) is 8.42. The molecule has 0 atom stereocenters. The SMILES string of the molecule is O=c1cc(OC(F)(F)F)c(S(=O)(=O)Cl)c([N+](=O)[O-])[nH]1. The van der Waals surface area contributed by atoms with Crippen LogP contribution in [0.1, 0.15) is 0 Å². The van der Waals surface area contributed by atoms with Gasteiger partial charge in [-0.3, -0.25) is 0 Å². The minimum absolute atomic E-state index is 0.0791. The van der Waals surface area contributed by atoms with Gasteiger partial charge < -0.3 is 14.9 Å². The molecule has 0 aromatic carbocycles. The molecule has 106 valence electrons. The molecule has 1 aromatic heterocycles. The fourth-order valence-corrected chi connectivity index (χ4v) is 2.22. The lowest BCUT2D eigenvalue weighted by atomic mass is 10.4. The zero-order valence-corrected chi connectivity index (χ0v) is 9.97. The molecule has 0 saturated carbocycles. The summed E-state index contributed by atoms with van der Waals surface area (Å²) in [4.78, 5) is 19.9. The van der Waals surface area contributed by atoms with Gasteiger partial charge in [-0.25, -0.2) is 18.2 Å². The Morgan fingerprint density at radius 3 is 2.32 bits per heavy atom. The largest absolute Gasteiger partial charge is 0.573 e. The first-order valence-corrected chi connectivity index (χ1v) is 6.35. The number of aromatic amines is 1. The van der Waals surface area contributed by atoms with Crippen LogP contribution in [0, 0.1) is 10.1 Å². The number of nitrogens with zero attached hydrogens (tertiary/aromatic N) is 1. The minimum Gasteiger partial charge on any atom is -0.404 e. The molecule has 0 aliphatic rings. The second-order valence-electron chi connectivity index (χ2n) is 2.92. The number of alkyl halides is 3. The molecule has 0 spiro atoms. The summed E-state index contributed by atoms with van der Waals surface area (Å²) in [7, 11) is -0.170. The fraction of sp³-hybridized carbons (Fsp3) is 0.167. The number of halogens is 4. The third kappa shape index (κ3) is 3.82. The lowest BCUT2D eigenvalue weighted by Crippen LogP contribution is -2.21. The van der Waals surface area contributed by atoms with Gasteiger partial charge in [0.05, 0.1) is 6.07 Å². The topological polar surface area (TPSA) is 119 Å². The Hall–Kier alpha value is -1.82. The highest BCUT2D eigenvalue weighted by molar-refractivity contribution is 8.14. The van der Waals surface area contributed by atoms with Crippen molar-refractivity contribution in [2.45, 2.75) is 11.3 Å². The molecule has 1 N–H and O–H groups in total. The lowest BCUT2D eigenvalue weighted by Gasteiger charge is -2.11. The maximum absolute atomic E-state index is 12.0. The summed E-state index contributed by atoms with van der Waals surface area (Å²) in [6.07, 6.45) is -5.36. The second-order valence-corrected chi connectivity index (χ2v) is 5.42. The summed E-state index contributed by atoms with van der Waals surface area (Å²) >= 11 is 0. The predicted octanol–water partition coefficient (Wildman–Crippen LogP) is 1.11. The maximum Gasteiger partial charge on any atom is 0.573 e. The molecule has 0 unspecified atom stereocenters. The van der Waals surface area contributed by atoms with Crippen LogP contribution in [-0.4, -0.2) is 24.7 Å². The predicted molar refractivity (Wildman–Crippen MR) is 53.4 cm³/mol. The maximum atomic E-state index is 12.0. The first-order valence-electron chi connectivity index (χ1n) is 4.04. The van der Waals surface area contributed by atoms with Crippen LogP contribution in [0.3, 0.4) is 0 Å². The van der Waals surface area contributed by atoms with Gasteiger partial charge in [-0.05, 0) is 4.92 Å². The van der Waals surface area contributed by atoms with Crippen LogP contribution in [0.25, 0.3) is 0 Å². The van der Waals surface area contributed by atoms with Crippen LogP contribution in [-0.2, 0) is 9.05 Å². The van der Waals surface area contributed by atoms with Crippen LogP contribution in [0.5, 0.6) is 5.75 Å². The molecule has 19 heavy (non-hydrogen) atoms. The third-order valence-corrected chi connectivity index (χ3v) is 2.94. The summed E-state index contributed by atoms with van der Waals surface area (Å²) in [5, 5.41) is 10.5. The Morgan fingerprint density at radius 2 is 1.95 bits per heavy atom. The Kier molecular flexibility index (Phi) is 3.77. The van der Waals surface area contributed by atoms with Crippen LogP contribution < -0.4 is 10.3 Å². The Bertz CT molecular complexity index is 681. The van der Waals surface area contributed by atoms with Gasteiger partial charge in [0.1, 0.15) is 0 Å². The molecular weight excluding hydrogens is 321 g/mol. The van der Waals surface area contributed by atoms with Crippen molar-refractivity contribution < 1.29 is 31.2 Å². The van der Waals surface area contributed by atoms with Crippen LogP contribution in [0.4, 0.5) is 19.0 Å². The Labute approximate surface area is 106 Å². The molecular formula is C6H2ClF3N2O6S. The fourth-order valence-electron chi connectivity index (χ4n) is 1.08. The standard InChI is InChI=1S/C6H2ClF3N2O6S/c7-19(16,17)4-2(18-6(8,9)10)1-3(13)11-5(4)12(14)15/h1H,(H,11,13). The minimum atomic E-state index is -5.36. The summed E-state index contributed by atoms with van der Waals surface area (Å²) < 4.78 is 61.5. The number of nitro groups is 1. The summed E-state index contributed by atoms with van der Waals surface area (Å²) in [5.74, 6) is -3.11. The highest BCUT2D eigenvalue weighted by Crippen LogP contribution is 2.35. The lowest BCUT2D eigenvalue weighted by molar-refractivity contribution is -0.393. The molecule has 8 nitrogen and oxygen atoms in total. The highest BCUT2D eigenvalue weighted by Gasteiger charge is 2.38. The van der Waals surface area contributed by atoms with E-state index in [4.69, 9.17) is 10.7 Å². The summed E-state index contributed by atoms with van der Waals surface area (Å²) in [5.41, 5.74) is -1.37. The van der Waals surface area contributed by atoms with Gasteiger partial charge in [-0.2, -0.15) is 0 Å². The van der Waals surface area contributed by atoms with E-state index < -0.39 is 42.4 Å². The zero-order chi connectivity index (χ0) is 15.0. The van der Waals surface area contributed by atoms with Crippen molar-refractivity contribution in [3.05, 3.63) is 26.5 Å². The average molecular weight is 323 g/mol. The molecule has 0 saturated heterocycles. The van der Waals surface area contributed by atoms with Crippen molar-refractivity contribution in [3.8, 4) is 5.75 Å². The van der Waals surface area contributed by atoms with Gasteiger partial charge in [0.15, 0.2) is 5.75 Å². The third-order valence-electron chi connectivity index (χ3n) is 1.59. The van der Waals surface area contributed by atoms with Gasteiger partial charge in [0.25, 0.3) is 9.05 Å².